The molecule has 0 aliphatic carbocycles. The molecule has 1 aromatic carbocycles. The average molecular weight is 477 g/mol. The number of carboxylic acid groups (broad SMARTS) is 1. The van der Waals surface area contributed by atoms with Crippen LogP contribution >= 0.6 is 12.2 Å². The second kappa shape index (κ2) is 11.3. The van der Waals surface area contributed by atoms with Crippen LogP contribution in [0, 0.1) is 4.77 Å². The summed E-state index contributed by atoms with van der Waals surface area (Å²) in [5.41, 5.74) is 2.30. The highest BCUT2D eigenvalue weighted by Gasteiger charge is 2.26. The Balaban J connectivity index is 1.51. The molecule has 2 N–H and O–H groups in total. The van der Waals surface area contributed by atoms with E-state index in [0.717, 1.165) is 11.4 Å². The molecule has 0 spiro atoms. The summed E-state index contributed by atoms with van der Waals surface area (Å²) in [7, 11) is 0. The third-order valence-electron chi connectivity index (χ3n) is 5.34. The number of nitrogens with zero attached hydrogens (tertiary/aromatic N) is 7. The molecular formula is C23H24N8O2S. The van der Waals surface area contributed by atoms with Crippen molar-refractivity contribution in [3.05, 3.63) is 83.7 Å². The third kappa shape index (κ3) is 5.94. The fourth-order valence-corrected chi connectivity index (χ4v) is 3.98. The molecule has 10 nitrogen and oxygen atoms in total. The lowest BCUT2D eigenvalue weighted by atomic mass is 10.1. The Labute approximate surface area is 201 Å². The minimum atomic E-state index is -0.910. The molecule has 0 fully saturated rings. The number of hydrogen-bond acceptors (Lipinski definition) is 8. The zero-order valence-electron chi connectivity index (χ0n) is 18.4. The van der Waals surface area contributed by atoms with Gasteiger partial charge >= 0.3 is 5.97 Å². The molecule has 4 rings (SSSR count). The number of aromatic amines is 1. The smallest absolute Gasteiger partial charge is 0.320 e. The van der Waals surface area contributed by atoms with Gasteiger partial charge in [0, 0.05) is 62.4 Å². The van der Waals surface area contributed by atoms with E-state index in [1.165, 1.54) is 0 Å². The molecule has 3 heterocycles. The van der Waals surface area contributed by atoms with Crippen LogP contribution in [0.25, 0.3) is 11.4 Å². The number of nitrogens with one attached hydrogen (secondary N) is 1. The van der Waals surface area contributed by atoms with E-state index in [1.54, 1.807) is 37.2 Å². The van der Waals surface area contributed by atoms with E-state index in [1.807, 2.05) is 39.8 Å². The lowest BCUT2D eigenvalue weighted by Crippen LogP contribution is -2.41. The Morgan fingerprint density at radius 3 is 2.24 bits per heavy atom. The van der Waals surface area contributed by atoms with Crippen molar-refractivity contribution in [3.8, 4) is 11.4 Å². The molecule has 3 aromatic heterocycles. The molecular weight excluding hydrogens is 452 g/mol. The van der Waals surface area contributed by atoms with Crippen molar-refractivity contribution in [3.63, 3.8) is 0 Å². The van der Waals surface area contributed by atoms with Gasteiger partial charge in [-0.1, -0.05) is 30.3 Å². The van der Waals surface area contributed by atoms with E-state index in [-0.39, 0.29) is 0 Å². The molecule has 4 aromatic rings. The number of carbonyl (C=O) groups is 1. The van der Waals surface area contributed by atoms with Gasteiger partial charge in [0.2, 0.25) is 0 Å². The van der Waals surface area contributed by atoms with Crippen LogP contribution in [0.4, 0.5) is 0 Å². The number of benzene rings is 1. The Kier molecular flexibility index (Phi) is 7.79. The molecule has 0 bridgehead atoms. The van der Waals surface area contributed by atoms with Crippen LogP contribution in [0.5, 0.6) is 0 Å². The first-order valence-electron chi connectivity index (χ1n) is 10.8. The van der Waals surface area contributed by atoms with Gasteiger partial charge in [-0.2, -0.15) is 5.10 Å². The van der Waals surface area contributed by atoms with Gasteiger partial charge in [-0.25, -0.2) is 0 Å². The van der Waals surface area contributed by atoms with Gasteiger partial charge in [-0.15, -0.1) is 0 Å². The van der Waals surface area contributed by atoms with Crippen molar-refractivity contribution in [2.45, 2.75) is 38.5 Å². The quantitative estimate of drug-likeness (QED) is 0.314. The summed E-state index contributed by atoms with van der Waals surface area (Å²) in [6.45, 7) is 1.18. The Bertz CT molecular complexity index is 1210. The highest BCUT2D eigenvalue weighted by Crippen LogP contribution is 2.19. The topological polar surface area (TPSA) is 126 Å². The highest BCUT2D eigenvalue weighted by molar-refractivity contribution is 7.71. The third-order valence-corrected chi connectivity index (χ3v) is 5.65. The molecule has 0 aliphatic heterocycles. The minimum absolute atomic E-state index is 0.321. The summed E-state index contributed by atoms with van der Waals surface area (Å²) in [5.74, 6) is -0.180. The molecule has 0 saturated carbocycles. The van der Waals surface area contributed by atoms with Crippen LogP contribution in [-0.2, 0) is 24.4 Å². The van der Waals surface area contributed by atoms with Gasteiger partial charge in [0.1, 0.15) is 6.04 Å². The van der Waals surface area contributed by atoms with Crippen molar-refractivity contribution >= 4 is 18.2 Å². The fourth-order valence-electron chi connectivity index (χ4n) is 3.75. The highest BCUT2D eigenvalue weighted by atomic mass is 32.1. The second-order valence-corrected chi connectivity index (χ2v) is 8.05. The molecule has 0 radical (unpaired) electrons. The van der Waals surface area contributed by atoms with Crippen LogP contribution in [0.3, 0.4) is 0 Å². The molecule has 0 unspecified atom stereocenters. The fraction of sp³-hybridized carbons (Fsp3) is 0.261. The van der Waals surface area contributed by atoms with E-state index in [0.29, 0.717) is 48.6 Å². The lowest BCUT2D eigenvalue weighted by Gasteiger charge is -2.28. The maximum absolute atomic E-state index is 12.3. The molecule has 0 saturated heterocycles. The number of carboxylic acids is 1. The first kappa shape index (κ1) is 23.3. The zero-order chi connectivity index (χ0) is 23.8. The normalized spacial score (nSPS) is 12.0. The predicted octanol–water partition coefficient (Wildman–Crippen LogP) is 3.12. The standard InChI is InChI=1S/C23H24N8O2S/c32-22(33)20(7-4-12-31-21(28-29-23(31)34)17-5-2-1-3-6-17)30(15-18-13-24-8-10-26-18)16-19-14-25-9-11-27-19/h1-3,5-6,8-11,13-14,20H,4,7,12,15-16H2,(H,29,34)(H,32,33)/t20-/m0/s1. The lowest BCUT2D eigenvalue weighted by molar-refractivity contribution is -0.144. The van der Waals surface area contributed by atoms with E-state index in [4.69, 9.17) is 12.2 Å². The summed E-state index contributed by atoms with van der Waals surface area (Å²) < 4.78 is 2.40. The Morgan fingerprint density at radius 2 is 1.68 bits per heavy atom. The molecule has 34 heavy (non-hydrogen) atoms. The number of hydrogen-bond donors (Lipinski definition) is 2. The van der Waals surface area contributed by atoms with E-state index >= 15 is 0 Å². The summed E-state index contributed by atoms with van der Waals surface area (Å²) in [6.07, 6.45) is 10.6. The van der Waals surface area contributed by atoms with Gasteiger partial charge in [-0.3, -0.25) is 34.7 Å². The van der Waals surface area contributed by atoms with Crippen LogP contribution in [0.1, 0.15) is 24.2 Å². The maximum atomic E-state index is 12.3. The van der Waals surface area contributed by atoms with Crippen molar-refractivity contribution in [1.82, 2.24) is 39.6 Å². The Morgan fingerprint density at radius 1 is 1.03 bits per heavy atom. The van der Waals surface area contributed by atoms with Crippen molar-refractivity contribution < 1.29 is 9.90 Å². The first-order chi connectivity index (χ1) is 16.6. The number of rotatable bonds is 11. The van der Waals surface area contributed by atoms with Crippen LogP contribution in [-0.4, -0.2) is 56.7 Å². The SMILES string of the molecule is O=C(O)[C@H](CCCn1c(-c2ccccc2)n[nH]c1=S)N(Cc1cnccn1)Cc1cnccn1. The number of H-pyrrole nitrogens is 1. The zero-order valence-corrected chi connectivity index (χ0v) is 19.2. The summed E-state index contributed by atoms with van der Waals surface area (Å²) in [4.78, 5) is 31.0. The van der Waals surface area contributed by atoms with Crippen molar-refractivity contribution in [2.75, 3.05) is 0 Å². The van der Waals surface area contributed by atoms with Gasteiger partial charge in [0.25, 0.3) is 0 Å². The minimum Gasteiger partial charge on any atom is -0.480 e. The first-order valence-corrected chi connectivity index (χ1v) is 11.2. The van der Waals surface area contributed by atoms with E-state index in [9.17, 15) is 9.90 Å². The van der Waals surface area contributed by atoms with Gasteiger partial charge in [0.15, 0.2) is 10.6 Å². The van der Waals surface area contributed by atoms with E-state index in [2.05, 4.69) is 30.1 Å². The van der Waals surface area contributed by atoms with E-state index < -0.39 is 12.0 Å². The average Bonchev–Trinajstić information content (AvgIpc) is 3.23. The largest absolute Gasteiger partial charge is 0.480 e. The van der Waals surface area contributed by atoms with Crippen LogP contribution in [0.15, 0.2) is 67.5 Å². The molecule has 1 atom stereocenters. The van der Waals surface area contributed by atoms with Gasteiger partial charge in [-0.05, 0) is 25.1 Å². The summed E-state index contributed by atoms with van der Waals surface area (Å²) in [5, 5.41) is 17.3. The summed E-state index contributed by atoms with van der Waals surface area (Å²) in [6, 6.07) is 8.99. The van der Waals surface area contributed by atoms with Crippen molar-refractivity contribution in [2.24, 2.45) is 0 Å². The summed E-state index contributed by atoms with van der Waals surface area (Å²) >= 11 is 5.42. The molecule has 11 heteroatoms. The van der Waals surface area contributed by atoms with Crippen molar-refractivity contribution in [1.29, 1.82) is 0 Å². The maximum Gasteiger partial charge on any atom is 0.320 e. The monoisotopic (exact) mass is 476 g/mol. The number of aromatic nitrogens is 7. The second-order valence-electron chi connectivity index (χ2n) is 7.66. The Hall–Kier alpha value is -3.83. The van der Waals surface area contributed by atoms with Gasteiger partial charge < -0.3 is 9.67 Å². The van der Waals surface area contributed by atoms with Gasteiger partial charge in [0.05, 0.1) is 11.4 Å². The molecule has 0 amide bonds. The van der Waals surface area contributed by atoms with Crippen LogP contribution < -0.4 is 0 Å². The number of aliphatic carboxylic acids is 1. The molecule has 174 valence electrons. The molecule has 0 aliphatic rings. The predicted molar refractivity (Wildman–Crippen MR) is 127 cm³/mol. The van der Waals surface area contributed by atoms with Crippen LogP contribution in [0.2, 0.25) is 0 Å².